The van der Waals surface area contributed by atoms with Gasteiger partial charge in [-0.05, 0) is 31.0 Å². The first-order valence-corrected chi connectivity index (χ1v) is 6.90. The Morgan fingerprint density at radius 3 is 2.89 bits per heavy atom. The SMILES string of the molecule is COc1ccccc1-c1nc(CC(C)CN)cs1. The van der Waals surface area contributed by atoms with Crippen molar-refractivity contribution in [1.29, 1.82) is 0 Å². The van der Waals surface area contributed by atoms with Crippen molar-refractivity contribution in [2.24, 2.45) is 11.7 Å². The van der Waals surface area contributed by atoms with E-state index < -0.39 is 0 Å². The summed E-state index contributed by atoms with van der Waals surface area (Å²) in [4.78, 5) is 4.66. The summed E-state index contributed by atoms with van der Waals surface area (Å²) in [5.74, 6) is 1.34. The summed E-state index contributed by atoms with van der Waals surface area (Å²) in [6, 6.07) is 7.96. The molecule has 3 nitrogen and oxygen atoms in total. The Morgan fingerprint density at radius 1 is 1.39 bits per heavy atom. The van der Waals surface area contributed by atoms with E-state index in [0.717, 1.165) is 28.4 Å². The van der Waals surface area contributed by atoms with Crippen molar-refractivity contribution in [2.45, 2.75) is 13.3 Å². The summed E-state index contributed by atoms with van der Waals surface area (Å²) in [7, 11) is 1.68. The lowest BCUT2D eigenvalue weighted by atomic mass is 10.1. The molecule has 1 unspecified atom stereocenters. The van der Waals surface area contributed by atoms with Crippen LogP contribution in [0.5, 0.6) is 5.75 Å². The van der Waals surface area contributed by atoms with Gasteiger partial charge in [0.15, 0.2) is 0 Å². The summed E-state index contributed by atoms with van der Waals surface area (Å²) in [5.41, 5.74) is 7.80. The molecule has 0 amide bonds. The largest absolute Gasteiger partial charge is 0.496 e. The van der Waals surface area contributed by atoms with Crippen LogP contribution in [0.15, 0.2) is 29.6 Å². The standard InChI is InChI=1S/C14H18N2OS/c1-10(8-15)7-11-9-18-14(16-11)12-5-3-4-6-13(12)17-2/h3-6,9-10H,7-8,15H2,1-2H3. The average molecular weight is 262 g/mol. The van der Waals surface area contributed by atoms with Crippen LogP contribution in [-0.2, 0) is 6.42 Å². The lowest BCUT2D eigenvalue weighted by Crippen LogP contribution is -2.13. The van der Waals surface area contributed by atoms with Crippen LogP contribution in [0.3, 0.4) is 0 Å². The van der Waals surface area contributed by atoms with Crippen molar-refractivity contribution in [3.05, 3.63) is 35.3 Å². The van der Waals surface area contributed by atoms with E-state index in [9.17, 15) is 0 Å². The van der Waals surface area contributed by atoms with Crippen molar-refractivity contribution in [1.82, 2.24) is 4.98 Å². The maximum atomic E-state index is 5.64. The Kier molecular flexibility index (Phi) is 4.33. The number of aromatic nitrogens is 1. The van der Waals surface area contributed by atoms with E-state index in [0.29, 0.717) is 12.5 Å². The lowest BCUT2D eigenvalue weighted by Gasteiger charge is -2.06. The summed E-state index contributed by atoms with van der Waals surface area (Å²) in [6.45, 7) is 2.84. The van der Waals surface area contributed by atoms with Crippen LogP contribution in [0.4, 0.5) is 0 Å². The molecule has 0 aliphatic rings. The highest BCUT2D eigenvalue weighted by Crippen LogP contribution is 2.32. The van der Waals surface area contributed by atoms with Crippen LogP contribution in [0.2, 0.25) is 0 Å². The van der Waals surface area contributed by atoms with E-state index in [-0.39, 0.29) is 0 Å². The monoisotopic (exact) mass is 262 g/mol. The van der Waals surface area contributed by atoms with E-state index >= 15 is 0 Å². The third-order valence-electron chi connectivity index (χ3n) is 2.85. The molecule has 1 aromatic carbocycles. The van der Waals surface area contributed by atoms with Crippen LogP contribution in [0, 0.1) is 5.92 Å². The molecule has 96 valence electrons. The van der Waals surface area contributed by atoms with Crippen molar-refractivity contribution >= 4 is 11.3 Å². The molecule has 0 spiro atoms. The fourth-order valence-electron chi connectivity index (χ4n) is 1.79. The van der Waals surface area contributed by atoms with Crippen molar-refractivity contribution in [3.63, 3.8) is 0 Å². The van der Waals surface area contributed by atoms with Crippen molar-refractivity contribution in [3.8, 4) is 16.3 Å². The second-order valence-electron chi connectivity index (χ2n) is 4.39. The number of methoxy groups -OCH3 is 1. The Balaban J connectivity index is 2.24. The van der Waals surface area contributed by atoms with Crippen LogP contribution < -0.4 is 10.5 Å². The molecule has 4 heteroatoms. The fourth-order valence-corrected chi connectivity index (χ4v) is 2.65. The smallest absolute Gasteiger partial charge is 0.129 e. The number of nitrogens with two attached hydrogens (primary N) is 1. The molecular weight excluding hydrogens is 244 g/mol. The molecule has 2 rings (SSSR count). The molecule has 1 heterocycles. The van der Waals surface area contributed by atoms with Crippen LogP contribution >= 0.6 is 11.3 Å². The first kappa shape index (κ1) is 13.1. The van der Waals surface area contributed by atoms with E-state index in [1.54, 1.807) is 18.4 Å². The number of benzene rings is 1. The number of hydrogen-bond acceptors (Lipinski definition) is 4. The predicted octanol–water partition coefficient (Wildman–Crippen LogP) is 2.96. The number of thiazole rings is 1. The minimum Gasteiger partial charge on any atom is -0.496 e. The zero-order chi connectivity index (χ0) is 13.0. The first-order chi connectivity index (χ1) is 8.74. The summed E-state index contributed by atoms with van der Waals surface area (Å²) < 4.78 is 5.36. The van der Waals surface area contributed by atoms with Crippen LogP contribution in [-0.4, -0.2) is 18.6 Å². The molecule has 0 bridgehead atoms. The second kappa shape index (κ2) is 5.98. The van der Waals surface area contributed by atoms with Gasteiger partial charge in [0.05, 0.1) is 18.4 Å². The van der Waals surface area contributed by atoms with Gasteiger partial charge in [-0.3, -0.25) is 0 Å². The maximum absolute atomic E-state index is 5.64. The Bertz CT molecular complexity index is 510. The first-order valence-electron chi connectivity index (χ1n) is 6.02. The van der Waals surface area contributed by atoms with Gasteiger partial charge in [-0.2, -0.15) is 0 Å². The number of rotatable bonds is 5. The van der Waals surface area contributed by atoms with Gasteiger partial charge < -0.3 is 10.5 Å². The molecule has 0 aliphatic carbocycles. The van der Waals surface area contributed by atoms with Crippen molar-refractivity contribution < 1.29 is 4.74 Å². The summed E-state index contributed by atoms with van der Waals surface area (Å²) in [5, 5.41) is 3.11. The summed E-state index contributed by atoms with van der Waals surface area (Å²) in [6.07, 6.45) is 0.933. The second-order valence-corrected chi connectivity index (χ2v) is 5.25. The lowest BCUT2D eigenvalue weighted by molar-refractivity contribution is 0.416. The molecule has 0 aliphatic heterocycles. The molecule has 0 radical (unpaired) electrons. The quantitative estimate of drug-likeness (QED) is 0.901. The Labute approximate surface area is 112 Å². The van der Waals surface area contributed by atoms with Gasteiger partial charge in [-0.15, -0.1) is 11.3 Å². The fraction of sp³-hybridized carbons (Fsp3) is 0.357. The van der Waals surface area contributed by atoms with E-state index in [1.807, 2.05) is 24.3 Å². The number of nitrogens with zero attached hydrogens (tertiary/aromatic N) is 1. The Hall–Kier alpha value is -1.39. The van der Waals surface area contributed by atoms with Crippen molar-refractivity contribution in [2.75, 3.05) is 13.7 Å². The third kappa shape index (κ3) is 2.89. The molecule has 1 atom stereocenters. The normalized spacial score (nSPS) is 12.4. The molecule has 18 heavy (non-hydrogen) atoms. The predicted molar refractivity (Wildman–Crippen MR) is 76.0 cm³/mol. The van der Waals surface area contributed by atoms with Crippen LogP contribution in [0.1, 0.15) is 12.6 Å². The minimum absolute atomic E-state index is 0.470. The van der Waals surface area contributed by atoms with Gasteiger partial charge in [-0.1, -0.05) is 19.1 Å². The van der Waals surface area contributed by atoms with Crippen LogP contribution in [0.25, 0.3) is 10.6 Å². The van der Waals surface area contributed by atoms with Gasteiger partial charge in [0.1, 0.15) is 10.8 Å². The number of ether oxygens (including phenoxy) is 1. The highest BCUT2D eigenvalue weighted by molar-refractivity contribution is 7.13. The molecule has 0 saturated carbocycles. The zero-order valence-corrected chi connectivity index (χ0v) is 11.5. The molecule has 2 aromatic rings. The van der Waals surface area contributed by atoms with E-state index in [1.165, 1.54) is 0 Å². The highest BCUT2D eigenvalue weighted by Gasteiger charge is 2.11. The molecule has 0 fully saturated rings. The highest BCUT2D eigenvalue weighted by atomic mass is 32.1. The molecular formula is C14H18N2OS. The van der Waals surface area contributed by atoms with E-state index in [4.69, 9.17) is 10.5 Å². The average Bonchev–Trinajstić information content (AvgIpc) is 2.86. The number of hydrogen-bond donors (Lipinski definition) is 1. The number of para-hydroxylation sites is 1. The topological polar surface area (TPSA) is 48.1 Å². The van der Waals surface area contributed by atoms with Gasteiger partial charge in [0.25, 0.3) is 0 Å². The van der Waals surface area contributed by atoms with E-state index in [2.05, 4.69) is 17.3 Å². The third-order valence-corrected chi connectivity index (χ3v) is 3.77. The van der Waals surface area contributed by atoms with Gasteiger partial charge in [-0.25, -0.2) is 4.98 Å². The summed E-state index contributed by atoms with van der Waals surface area (Å²) >= 11 is 1.65. The van der Waals surface area contributed by atoms with Gasteiger partial charge in [0.2, 0.25) is 0 Å². The zero-order valence-electron chi connectivity index (χ0n) is 10.7. The van der Waals surface area contributed by atoms with Gasteiger partial charge in [0, 0.05) is 5.38 Å². The van der Waals surface area contributed by atoms with Gasteiger partial charge >= 0.3 is 0 Å². The molecule has 0 saturated heterocycles. The molecule has 1 aromatic heterocycles. The minimum atomic E-state index is 0.470. The maximum Gasteiger partial charge on any atom is 0.129 e. The molecule has 2 N–H and O–H groups in total. The Morgan fingerprint density at radius 2 is 2.17 bits per heavy atom.